The lowest BCUT2D eigenvalue weighted by Gasteiger charge is -2.00. The van der Waals surface area contributed by atoms with Crippen molar-refractivity contribution in [1.29, 1.82) is 0 Å². The second kappa shape index (κ2) is 4.60. The molecule has 0 unspecified atom stereocenters. The van der Waals surface area contributed by atoms with Crippen LogP contribution in [0.4, 0.5) is 4.39 Å². The first-order chi connectivity index (χ1) is 9.54. The third kappa shape index (κ3) is 2.11. The quantitative estimate of drug-likeness (QED) is 0.644. The summed E-state index contributed by atoms with van der Waals surface area (Å²) in [5, 5.41) is 0.896. The molecular formula is C17H13FO2. The van der Waals surface area contributed by atoms with E-state index in [1.165, 1.54) is 18.2 Å². The van der Waals surface area contributed by atoms with Crippen LogP contribution in [0.25, 0.3) is 11.0 Å². The number of furan rings is 1. The SMILES string of the molecule is Cc1ccc2oc(C(=O)c3ccc(F)c(C)c3)cc2c1. The molecule has 0 aliphatic carbocycles. The Morgan fingerprint density at radius 3 is 2.60 bits per heavy atom. The van der Waals surface area contributed by atoms with Crippen molar-refractivity contribution in [3.63, 3.8) is 0 Å². The van der Waals surface area contributed by atoms with E-state index in [0.29, 0.717) is 16.7 Å². The largest absolute Gasteiger partial charge is 0.453 e. The summed E-state index contributed by atoms with van der Waals surface area (Å²) in [6.07, 6.45) is 0. The number of aryl methyl sites for hydroxylation is 2. The average molecular weight is 268 g/mol. The van der Waals surface area contributed by atoms with Gasteiger partial charge in [-0.05, 0) is 55.8 Å². The summed E-state index contributed by atoms with van der Waals surface area (Å²) in [5.74, 6) is -0.277. The number of benzene rings is 2. The van der Waals surface area contributed by atoms with Crippen molar-refractivity contribution < 1.29 is 13.6 Å². The monoisotopic (exact) mass is 268 g/mol. The highest BCUT2D eigenvalue weighted by Crippen LogP contribution is 2.23. The number of carbonyl (C=O) groups excluding carboxylic acids is 1. The minimum absolute atomic E-state index is 0.234. The minimum Gasteiger partial charge on any atom is -0.453 e. The lowest BCUT2D eigenvalue weighted by molar-refractivity contribution is 0.101. The van der Waals surface area contributed by atoms with E-state index < -0.39 is 0 Å². The Balaban J connectivity index is 2.05. The van der Waals surface area contributed by atoms with Crippen LogP contribution in [0.1, 0.15) is 27.2 Å². The van der Waals surface area contributed by atoms with Gasteiger partial charge in [-0.25, -0.2) is 4.39 Å². The maximum absolute atomic E-state index is 13.2. The molecule has 0 aliphatic rings. The van der Waals surface area contributed by atoms with Crippen LogP contribution in [0, 0.1) is 19.7 Å². The van der Waals surface area contributed by atoms with Gasteiger partial charge in [0, 0.05) is 10.9 Å². The zero-order valence-corrected chi connectivity index (χ0v) is 11.2. The van der Waals surface area contributed by atoms with Gasteiger partial charge in [0.15, 0.2) is 5.76 Å². The van der Waals surface area contributed by atoms with Gasteiger partial charge in [-0.3, -0.25) is 4.79 Å². The molecule has 0 saturated carbocycles. The van der Waals surface area contributed by atoms with E-state index in [0.717, 1.165) is 10.9 Å². The minimum atomic E-state index is -0.318. The normalized spacial score (nSPS) is 10.9. The van der Waals surface area contributed by atoms with Crippen molar-refractivity contribution in [2.45, 2.75) is 13.8 Å². The maximum atomic E-state index is 13.2. The molecule has 3 rings (SSSR count). The van der Waals surface area contributed by atoms with Crippen LogP contribution in [-0.4, -0.2) is 5.78 Å². The van der Waals surface area contributed by atoms with E-state index in [-0.39, 0.29) is 17.4 Å². The van der Waals surface area contributed by atoms with Crippen molar-refractivity contribution >= 4 is 16.8 Å². The highest BCUT2D eigenvalue weighted by Gasteiger charge is 2.15. The summed E-state index contributed by atoms with van der Waals surface area (Å²) in [6, 6.07) is 11.8. The van der Waals surface area contributed by atoms with E-state index in [2.05, 4.69) is 0 Å². The van der Waals surface area contributed by atoms with Gasteiger partial charge < -0.3 is 4.42 Å². The topological polar surface area (TPSA) is 30.2 Å². The third-order valence-corrected chi connectivity index (χ3v) is 3.32. The summed E-state index contributed by atoms with van der Waals surface area (Å²) < 4.78 is 18.8. The fraction of sp³-hybridized carbons (Fsp3) is 0.118. The zero-order chi connectivity index (χ0) is 14.3. The van der Waals surface area contributed by atoms with Crippen molar-refractivity contribution in [3.8, 4) is 0 Å². The van der Waals surface area contributed by atoms with Crippen LogP contribution in [0.5, 0.6) is 0 Å². The summed E-state index contributed by atoms with van der Waals surface area (Å²) in [6.45, 7) is 3.62. The van der Waals surface area contributed by atoms with Crippen LogP contribution in [0.3, 0.4) is 0 Å². The smallest absolute Gasteiger partial charge is 0.228 e. The van der Waals surface area contributed by atoms with Gasteiger partial charge in [0.1, 0.15) is 11.4 Å². The summed E-state index contributed by atoms with van der Waals surface area (Å²) in [4.78, 5) is 12.3. The van der Waals surface area contributed by atoms with Gasteiger partial charge >= 0.3 is 0 Å². The molecule has 0 N–H and O–H groups in total. The van der Waals surface area contributed by atoms with E-state index in [1.807, 2.05) is 25.1 Å². The fourth-order valence-electron chi connectivity index (χ4n) is 2.20. The molecule has 0 atom stereocenters. The molecule has 0 fully saturated rings. The number of rotatable bonds is 2. The number of hydrogen-bond donors (Lipinski definition) is 0. The molecule has 0 spiro atoms. The first kappa shape index (κ1) is 12.6. The Morgan fingerprint density at radius 1 is 1.05 bits per heavy atom. The van der Waals surface area contributed by atoms with Gasteiger partial charge in [0.2, 0.25) is 5.78 Å². The molecule has 3 aromatic rings. The standard InChI is InChI=1S/C17H13FO2/c1-10-3-6-15-13(7-10)9-16(20-15)17(19)12-4-5-14(18)11(2)8-12/h3-9H,1-2H3. The molecular weight excluding hydrogens is 255 g/mol. The Kier molecular flexibility index (Phi) is 2.90. The average Bonchev–Trinajstić information content (AvgIpc) is 2.84. The number of halogens is 1. The van der Waals surface area contributed by atoms with Gasteiger partial charge in [-0.1, -0.05) is 11.6 Å². The van der Waals surface area contributed by atoms with Crippen LogP contribution in [0.15, 0.2) is 46.9 Å². The molecule has 100 valence electrons. The summed E-state index contributed by atoms with van der Waals surface area (Å²) in [5.41, 5.74) is 2.66. The van der Waals surface area contributed by atoms with E-state index in [4.69, 9.17) is 4.42 Å². The third-order valence-electron chi connectivity index (χ3n) is 3.32. The summed E-state index contributed by atoms with van der Waals surface area (Å²) >= 11 is 0. The second-order valence-corrected chi connectivity index (χ2v) is 4.95. The number of hydrogen-bond acceptors (Lipinski definition) is 2. The Morgan fingerprint density at radius 2 is 1.85 bits per heavy atom. The lowest BCUT2D eigenvalue weighted by atomic mass is 10.1. The fourth-order valence-corrected chi connectivity index (χ4v) is 2.20. The van der Waals surface area contributed by atoms with Crippen molar-refractivity contribution in [2.75, 3.05) is 0 Å². The molecule has 0 bridgehead atoms. The molecule has 0 radical (unpaired) electrons. The molecule has 0 aliphatic heterocycles. The van der Waals surface area contributed by atoms with Gasteiger partial charge in [0.05, 0.1) is 0 Å². The molecule has 20 heavy (non-hydrogen) atoms. The molecule has 0 amide bonds. The van der Waals surface area contributed by atoms with Crippen LogP contribution in [-0.2, 0) is 0 Å². The predicted octanol–water partition coefficient (Wildman–Crippen LogP) is 4.42. The lowest BCUT2D eigenvalue weighted by Crippen LogP contribution is -2.00. The van der Waals surface area contributed by atoms with Gasteiger partial charge in [0.25, 0.3) is 0 Å². The molecule has 1 aromatic heterocycles. The molecule has 0 saturated heterocycles. The van der Waals surface area contributed by atoms with E-state index >= 15 is 0 Å². The van der Waals surface area contributed by atoms with E-state index in [1.54, 1.807) is 13.0 Å². The molecule has 3 heteroatoms. The highest BCUT2D eigenvalue weighted by atomic mass is 19.1. The number of ketones is 1. The van der Waals surface area contributed by atoms with E-state index in [9.17, 15) is 9.18 Å². The highest BCUT2D eigenvalue weighted by molar-refractivity contribution is 6.09. The molecule has 1 heterocycles. The summed E-state index contributed by atoms with van der Waals surface area (Å²) in [7, 11) is 0. The van der Waals surface area contributed by atoms with Crippen LogP contribution in [0.2, 0.25) is 0 Å². The Labute approximate surface area is 115 Å². The molecule has 2 nitrogen and oxygen atoms in total. The molecule has 2 aromatic carbocycles. The number of carbonyl (C=O) groups is 1. The Bertz CT molecular complexity index is 815. The first-order valence-corrected chi connectivity index (χ1v) is 6.35. The van der Waals surface area contributed by atoms with Crippen molar-refractivity contribution in [3.05, 3.63) is 70.7 Å². The second-order valence-electron chi connectivity index (χ2n) is 4.95. The van der Waals surface area contributed by atoms with Crippen LogP contribution >= 0.6 is 0 Å². The number of fused-ring (bicyclic) bond motifs is 1. The first-order valence-electron chi connectivity index (χ1n) is 6.35. The Hall–Kier alpha value is -2.42. The predicted molar refractivity (Wildman–Crippen MR) is 75.5 cm³/mol. The zero-order valence-electron chi connectivity index (χ0n) is 11.2. The van der Waals surface area contributed by atoms with Gasteiger partial charge in [-0.15, -0.1) is 0 Å². The van der Waals surface area contributed by atoms with Gasteiger partial charge in [-0.2, -0.15) is 0 Å². The van der Waals surface area contributed by atoms with Crippen LogP contribution < -0.4 is 0 Å². The van der Waals surface area contributed by atoms with Crippen molar-refractivity contribution in [2.24, 2.45) is 0 Å². The van der Waals surface area contributed by atoms with Crippen molar-refractivity contribution in [1.82, 2.24) is 0 Å². The maximum Gasteiger partial charge on any atom is 0.228 e.